The average molecular weight is 371 g/mol. The minimum atomic E-state index is -0.412. The normalized spacial score (nSPS) is 11.2. The smallest absolute Gasteiger partial charge is 0.336 e. The van der Waals surface area contributed by atoms with Crippen molar-refractivity contribution in [1.82, 2.24) is 0 Å². The van der Waals surface area contributed by atoms with Crippen molar-refractivity contribution in [2.45, 2.75) is 0 Å². The summed E-state index contributed by atoms with van der Waals surface area (Å²) in [5, 5.41) is 9.33. The first kappa shape index (κ1) is 17.5. The number of nitrogens with zero attached hydrogens (tertiary/aromatic N) is 2. The van der Waals surface area contributed by atoms with Crippen LogP contribution in [0.4, 0.5) is 17.1 Å². The van der Waals surface area contributed by atoms with Crippen molar-refractivity contribution in [3.05, 3.63) is 83.2 Å². The van der Waals surface area contributed by atoms with Crippen molar-refractivity contribution < 1.29 is 9.15 Å². The van der Waals surface area contributed by atoms with E-state index in [4.69, 9.17) is 14.9 Å². The molecule has 138 valence electrons. The first-order valence-corrected chi connectivity index (χ1v) is 8.62. The summed E-state index contributed by atoms with van der Waals surface area (Å²) in [6.07, 6.45) is 0. The fraction of sp³-hybridized carbons (Fsp3) is 0.0455. The third kappa shape index (κ3) is 3.61. The summed E-state index contributed by atoms with van der Waals surface area (Å²) in [6.45, 7) is 0. The molecule has 0 bridgehead atoms. The molecule has 0 radical (unpaired) electrons. The summed E-state index contributed by atoms with van der Waals surface area (Å²) in [5.41, 5.74) is 9.90. The standard InChI is InChI=1S/C22H17N3O3/c1-27-21-13-20-16(6-11-22(26)28-20)12-19(21)25-24-18-9-4-15(5-10-18)14-2-7-17(23)8-3-14/h2-13H,23H2,1H3. The highest BCUT2D eigenvalue weighted by Crippen LogP contribution is 2.33. The van der Waals surface area contributed by atoms with Gasteiger partial charge in [-0.25, -0.2) is 4.79 Å². The van der Waals surface area contributed by atoms with E-state index in [1.165, 1.54) is 13.2 Å². The van der Waals surface area contributed by atoms with Gasteiger partial charge in [-0.2, -0.15) is 5.11 Å². The molecule has 0 atom stereocenters. The third-order valence-electron chi connectivity index (χ3n) is 4.31. The molecule has 0 unspecified atom stereocenters. The summed E-state index contributed by atoms with van der Waals surface area (Å²) >= 11 is 0. The van der Waals surface area contributed by atoms with E-state index in [9.17, 15) is 4.79 Å². The van der Waals surface area contributed by atoms with Crippen LogP contribution in [0, 0.1) is 0 Å². The van der Waals surface area contributed by atoms with Crippen LogP contribution >= 0.6 is 0 Å². The van der Waals surface area contributed by atoms with E-state index in [0.29, 0.717) is 22.7 Å². The van der Waals surface area contributed by atoms with Gasteiger partial charge >= 0.3 is 5.63 Å². The third-order valence-corrected chi connectivity index (χ3v) is 4.31. The largest absolute Gasteiger partial charge is 0.494 e. The van der Waals surface area contributed by atoms with Crippen LogP contribution in [-0.4, -0.2) is 7.11 Å². The number of benzene rings is 3. The van der Waals surface area contributed by atoms with Crippen LogP contribution in [-0.2, 0) is 0 Å². The molecule has 2 N–H and O–H groups in total. The number of methoxy groups -OCH3 is 1. The molecule has 0 spiro atoms. The molecule has 0 aliphatic carbocycles. The second-order valence-corrected chi connectivity index (χ2v) is 6.19. The fourth-order valence-corrected chi connectivity index (χ4v) is 2.83. The Morgan fingerprint density at radius 3 is 2.21 bits per heavy atom. The molecule has 6 nitrogen and oxygen atoms in total. The number of ether oxygens (including phenoxy) is 1. The molecule has 0 amide bonds. The quantitative estimate of drug-likeness (QED) is 0.293. The monoisotopic (exact) mass is 371 g/mol. The van der Waals surface area contributed by atoms with Gasteiger partial charge in [0.2, 0.25) is 0 Å². The maximum atomic E-state index is 11.4. The Kier molecular flexibility index (Phi) is 4.60. The van der Waals surface area contributed by atoms with Crippen molar-refractivity contribution in [3.8, 4) is 16.9 Å². The molecule has 4 rings (SSSR count). The predicted octanol–water partition coefficient (Wildman–Crippen LogP) is 5.47. The molecule has 1 heterocycles. The summed E-state index contributed by atoms with van der Waals surface area (Å²) in [5.74, 6) is 0.476. The lowest BCUT2D eigenvalue weighted by atomic mass is 10.1. The number of hydrogen-bond donors (Lipinski definition) is 1. The molecule has 28 heavy (non-hydrogen) atoms. The van der Waals surface area contributed by atoms with Crippen molar-refractivity contribution in [2.75, 3.05) is 12.8 Å². The number of fused-ring (bicyclic) bond motifs is 1. The van der Waals surface area contributed by atoms with Crippen LogP contribution in [0.2, 0.25) is 0 Å². The highest BCUT2D eigenvalue weighted by molar-refractivity contribution is 5.83. The van der Waals surface area contributed by atoms with Crippen LogP contribution in [0.15, 0.2) is 92.2 Å². The van der Waals surface area contributed by atoms with Crippen LogP contribution in [0.3, 0.4) is 0 Å². The van der Waals surface area contributed by atoms with Gasteiger partial charge in [-0.1, -0.05) is 24.3 Å². The zero-order chi connectivity index (χ0) is 19.5. The van der Waals surface area contributed by atoms with E-state index in [2.05, 4.69) is 10.2 Å². The van der Waals surface area contributed by atoms with E-state index in [0.717, 1.165) is 22.2 Å². The molecule has 4 aromatic rings. The van der Waals surface area contributed by atoms with Gasteiger partial charge in [0, 0.05) is 23.2 Å². The molecule has 0 saturated carbocycles. The van der Waals surface area contributed by atoms with E-state index in [-0.39, 0.29) is 0 Å². The molecule has 3 aromatic carbocycles. The number of anilines is 1. The summed E-state index contributed by atoms with van der Waals surface area (Å²) < 4.78 is 10.5. The minimum absolute atomic E-state index is 0.412. The molecule has 6 heteroatoms. The maximum absolute atomic E-state index is 11.4. The van der Waals surface area contributed by atoms with Gasteiger partial charge in [-0.05, 0) is 47.5 Å². The molecule has 0 aliphatic rings. The average Bonchev–Trinajstić information content (AvgIpc) is 2.72. The van der Waals surface area contributed by atoms with Gasteiger partial charge in [0.15, 0.2) is 0 Å². The summed E-state index contributed by atoms with van der Waals surface area (Å²) in [7, 11) is 1.53. The van der Waals surface area contributed by atoms with E-state index in [1.807, 2.05) is 48.5 Å². The Morgan fingerprint density at radius 1 is 0.857 bits per heavy atom. The molecule has 0 saturated heterocycles. The molecule has 1 aromatic heterocycles. The van der Waals surface area contributed by atoms with E-state index in [1.54, 1.807) is 18.2 Å². The van der Waals surface area contributed by atoms with Gasteiger partial charge in [-0.3, -0.25) is 0 Å². The van der Waals surface area contributed by atoms with Gasteiger partial charge in [0.1, 0.15) is 17.0 Å². The summed E-state index contributed by atoms with van der Waals surface area (Å²) in [6, 6.07) is 21.9. The number of nitrogen functional groups attached to an aromatic ring is 1. The van der Waals surface area contributed by atoms with Crippen LogP contribution < -0.4 is 16.1 Å². The molecule has 0 fully saturated rings. The number of azo groups is 1. The zero-order valence-corrected chi connectivity index (χ0v) is 15.1. The van der Waals surface area contributed by atoms with Gasteiger partial charge in [0.05, 0.1) is 12.8 Å². The molecule has 0 aliphatic heterocycles. The predicted molar refractivity (Wildman–Crippen MR) is 110 cm³/mol. The van der Waals surface area contributed by atoms with E-state index >= 15 is 0 Å². The number of rotatable bonds is 4. The number of nitrogens with two attached hydrogens (primary N) is 1. The Bertz CT molecular complexity index is 1210. The zero-order valence-electron chi connectivity index (χ0n) is 15.1. The summed E-state index contributed by atoms with van der Waals surface area (Å²) in [4.78, 5) is 11.4. The lowest BCUT2D eigenvalue weighted by Gasteiger charge is -2.05. The first-order valence-electron chi connectivity index (χ1n) is 8.62. The molecular formula is C22H17N3O3. The van der Waals surface area contributed by atoms with Gasteiger partial charge < -0.3 is 14.9 Å². The second kappa shape index (κ2) is 7.36. The Morgan fingerprint density at radius 2 is 1.54 bits per heavy atom. The lowest BCUT2D eigenvalue weighted by Crippen LogP contribution is -1.94. The SMILES string of the molecule is COc1cc2oc(=O)ccc2cc1N=Nc1ccc(-c2ccc(N)cc2)cc1. The highest BCUT2D eigenvalue weighted by Gasteiger charge is 2.07. The Balaban J connectivity index is 1.62. The maximum Gasteiger partial charge on any atom is 0.336 e. The Labute approximate surface area is 160 Å². The van der Waals surface area contributed by atoms with Crippen molar-refractivity contribution in [2.24, 2.45) is 10.2 Å². The second-order valence-electron chi connectivity index (χ2n) is 6.19. The van der Waals surface area contributed by atoms with Crippen LogP contribution in [0.5, 0.6) is 5.75 Å². The van der Waals surface area contributed by atoms with Gasteiger partial charge in [-0.15, -0.1) is 5.11 Å². The topological polar surface area (TPSA) is 90.2 Å². The first-order chi connectivity index (χ1) is 13.6. The number of hydrogen-bond acceptors (Lipinski definition) is 6. The van der Waals surface area contributed by atoms with Crippen LogP contribution in [0.25, 0.3) is 22.1 Å². The van der Waals surface area contributed by atoms with Crippen LogP contribution in [0.1, 0.15) is 0 Å². The highest BCUT2D eigenvalue weighted by atomic mass is 16.5. The van der Waals surface area contributed by atoms with Crippen molar-refractivity contribution >= 4 is 28.0 Å². The molecular weight excluding hydrogens is 354 g/mol. The fourth-order valence-electron chi connectivity index (χ4n) is 2.83. The Hall–Kier alpha value is -3.93. The van der Waals surface area contributed by atoms with Gasteiger partial charge in [0.25, 0.3) is 0 Å². The van der Waals surface area contributed by atoms with E-state index < -0.39 is 5.63 Å². The lowest BCUT2D eigenvalue weighted by molar-refractivity contribution is 0.415. The van der Waals surface area contributed by atoms with Crippen molar-refractivity contribution in [3.63, 3.8) is 0 Å². The minimum Gasteiger partial charge on any atom is -0.494 e. The van der Waals surface area contributed by atoms with Crippen molar-refractivity contribution in [1.29, 1.82) is 0 Å².